The van der Waals surface area contributed by atoms with Gasteiger partial charge in [0.2, 0.25) is 0 Å². The molecule has 1 aliphatic carbocycles. The molecule has 1 fully saturated rings. The van der Waals surface area contributed by atoms with Crippen LogP contribution in [0.3, 0.4) is 0 Å². The fourth-order valence-electron chi connectivity index (χ4n) is 2.43. The summed E-state index contributed by atoms with van der Waals surface area (Å²) in [4.78, 5) is 11.0. The predicted octanol–water partition coefficient (Wildman–Crippen LogP) is 3.02. The van der Waals surface area contributed by atoms with Gasteiger partial charge in [-0.05, 0) is 44.7 Å². The normalized spacial score (nSPS) is 15.7. The Bertz CT molecular complexity index is 447. The Labute approximate surface area is 107 Å². The molecule has 0 saturated heterocycles. The van der Waals surface area contributed by atoms with E-state index in [1.54, 1.807) is 19.1 Å². The van der Waals surface area contributed by atoms with Gasteiger partial charge in [0.25, 0.3) is 0 Å². The largest absolute Gasteiger partial charge is 0.493 e. The molecule has 0 aromatic heterocycles. The Morgan fingerprint density at radius 2 is 2.00 bits per heavy atom. The molecule has 4 nitrogen and oxygen atoms in total. The summed E-state index contributed by atoms with van der Waals surface area (Å²) in [6.07, 6.45) is 4.73. The van der Waals surface area contributed by atoms with Crippen LogP contribution in [-0.2, 0) is 0 Å². The lowest BCUT2D eigenvalue weighted by Gasteiger charge is -2.18. The number of carbonyl (C=O) groups is 1. The summed E-state index contributed by atoms with van der Waals surface area (Å²) in [5, 5.41) is 9.06. The van der Waals surface area contributed by atoms with Gasteiger partial charge in [-0.1, -0.05) is 0 Å². The Kier molecular flexibility index (Phi) is 3.75. The van der Waals surface area contributed by atoms with Crippen molar-refractivity contribution in [3.63, 3.8) is 0 Å². The van der Waals surface area contributed by atoms with E-state index in [2.05, 4.69) is 0 Å². The highest BCUT2D eigenvalue weighted by Crippen LogP contribution is 2.35. The van der Waals surface area contributed by atoms with E-state index < -0.39 is 5.97 Å². The minimum Gasteiger partial charge on any atom is -0.493 e. The molecule has 0 bridgehead atoms. The molecule has 0 amide bonds. The molecule has 1 saturated carbocycles. The van der Waals surface area contributed by atoms with Gasteiger partial charge in [-0.15, -0.1) is 0 Å². The number of carboxylic acid groups (broad SMARTS) is 1. The number of aromatic carboxylic acids is 1. The molecule has 1 aromatic rings. The van der Waals surface area contributed by atoms with Crippen LogP contribution in [0.4, 0.5) is 0 Å². The number of hydrogen-bond donors (Lipinski definition) is 1. The maximum atomic E-state index is 11.0. The van der Waals surface area contributed by atoms with Crippen LogP contribution in [0.15, 0.2) is 12.1 Å². The fourth-order valence-corrected chi connectivity index (χ4v) is 2.43. The smallest absolute Gasteiger partial charge is 0.336 e. The van der Waals surface area contributed by atoms with Crippen LogP contribution >= 0.6 is 0 Å². The lowest BCUT2D eigenvalue weighted by atomic mass is 10.1. The molecular formula is C14H18O4. The fraction of sp³-hybridized carbons (Fsp3) is 0.500. The van der Waals surface area contributed by atoms with E-state index in [4.69, 9.17) is 14.6 Å². The lowest BCUT2D eigenvalue weighted by Crippen LogP contribution is -2.12. The molecule has 2 rings (SSSR count). The van der Waals surface area contributed by atoms with E-state index in [0.29, 0.717) is 17.1 Å². The molecule has 1 aliphatic rings. The maximum Gasteiger partial charge on any atom is 0.336 e. The average molecular weight is 250 g/mol. The van der Waals surface area contributed by atoms with Crippen molar-refractivity contribution in [1.82, 2.24) is 0 Å². The molecule has 98 valence electrons. The first-order valence-corrected chi connectivity index (χ1v) is 6.21. The number of benzene rings is 1. The summed E-state index contributed by atoms with van der Waals surface area (Å²) in [6, 6.07) is 3.26. The number of rotatable bonds is 4. The second kappa shape index (κ2) is 5.29. The average Bonchev–Trinajstić information content (AvgIpc) is 2.82. The predicted molar refractivity (Wildman–Crippen MR) is 67.6 cm³/mol. The second-order valence-corrected chi connectivity index (χ2v) is 4.60. The number of carboxylic acids is 1. The van der Waals surface area contributed by atoms with Crippen molar-refractivity contribution in [2.45, 2.75) is 38.7 Å². The Balaban J connectivity index is 2.29. The van der Waals surface area contributed by atoms with Crippen molar-refractivity contribution >= 4 is 5.97 Å². The topological polar surface area (TPSA) is 55.8 Å². The lowest BCUT2D eigenvalue weighted by molar-refractivity contribution is 0.0695. The van der Waals surface area contributed by atoms with Crippen LogP contribution in [-0.4, -0.2) is 24.3 Å². The second-order valence-electron chi connectivity index (χ2n) is 4.60. The minimum absolute atomic E-state index is 0.231. The highest BCUT2D eigenvalue weighted by molar-refractivity contribution is 5.90. The standard InChI is InChI=1S/C14H18O4/c1-9-11(14(15)16)7-8-12(13(9)17-2)18-10-5-3-4-6-10/h7-8,10H,3-6H2,1-2H3,(H,15,16). The Hall–Kier alpha value is -1.71. The first kappa shape index (κ1) is 12.7. The zero-order valence-corrected chi connectivity index (χ0v) is 10.7. The zero-order valence-electron chi connectivity index (χ0n) is 10.7. The van der Waals surface area contributed by atoms with Gasteiger partial charge in [0.05, 0.1) is 18.8 Å². The zero-order chi connectivity index (χ0) is 13.1. The van der Waals surface area contributed by atoms with Crippen LogP contribution in [0.2, 0.25) is 0 Å². The Morgan fingerprint density at radius 1 is 1.33 bits per heavy atom. The van der Waals surface area contributed by atoms with Gasteiger partial charge in [0, 0.05) is 5.56 Å². The third-order valence-corrected chi connectivity index (χ3v) is 3.40. The molecule has 18 heavy (non-hydrogen) atoms. The first-order valence-electron chi connectivity index (χ1n) is 6.21. The van der Waals surface area contributed by atoms with Gasteiger partial charge < -0.3 is 14.6 Å². The molecule has 1 aromatic carbocycles. The third-order valence-electron chi connectivity index (χ3n) is 3.40. The monoisotopic (exact) mass is 250 g/mol. The molecule has 0 aliphatic heterocycles. The molecule has 0 radical (unpaired) electrons. The summed E-state index contributed by atoms with van der Waals surface area (Å²) in [5.41, 5.74) is 0.867. The molecule has 1 N–H and O–H groups in total. The number of hydrogen-bond acceptors (Lipinski definition) is 3. The van der Waals surface area contributed by atoms with Gasteiger partial charge in [0.1, 0.15) is 0 Å². The van der Waals surface area contributed by atoms with Gasteiger partial charge in [0.15, 0.2) is 11.5 Å². The summed E-state index contributed by atoms with van der Waals surface area (Å²) >= 11 is 0. The molecule has 0 atom stereocenters. The SMILES string of the molecule is COc1c(OC2CCCC2)ccc(C(=O)O)c1C. The van der Waals surface area contributed by atoms with E-state index in [0.717, 1.165) is 12.8 Å². The van der Waals surface area contributed by atoms with Crippen LogP contribution in [0.1, 0.15) is 41.6 Å². The summed E-state index contributed by atoms with van der Waals surface area (Å²) in [5.74, 6) is 0.229. The molecule has 0 spiro atoms. The van der Waals surface area contributed by atoms with Gasteiger partial charge in [-0.3, -0.25) is 0 Å². The van der Waals surface area contributed by atoms with E-state index in [1.165, 1.54) is 20.0 Å². The van der Waals surface area contributed by atoms with E-state index in [1.807, 2.05) is 0 Å². The van der Waals surface area contributed by atoms with Crippen molar-refractivity contribution in [3.05, 3.63) is 23.3 Å². The number of ether oxygens (including phenoxy) is 2. The quantitative estimate of drug-likeness (QED) is 0.892. The molecular weight excluding hydrogens is 232 g/mol. The van der Waals surface area contributed by atoms with Crippen molar-refractivity contribution in [1.29, 1.82) is 0 Å². The van der Waals surface area contributed by atoms with E-state index >= 15 is 0 Å². The van der Waals surface area contributed by atoms with Gasteiger partial charge in [-0.2, -0.15) is 0 Å². The summed E-state index contributed by atoms with van der Waals surface area (Å²) in [7, 11) is 1.54. The summed E-state index contributed by atoms with van der Waals surface area (Å²) < 4.78 is 11.2. The highest BCUT2D eigenvalue weighted by Gasteiger charge is 2.21. The van der Waals surface area contributed by atoms with Crippen molar-refractivity contribution in [3.8, 4) is 11.5 Å². The van der Waals surface area contributed by atoms with Crippen molar-refractivity contribution in [2.24, 2.45) is 0 Å². The Morgan fingerprint density at radius 3 is 2.56 bits per heavy atom. The van der Waals surface area contributed by atoms with Crippen molar-refractivity contribution in [2.75, 3.05) is 7.11 Å². The highest BCUT2D eigenvalue weighted by atomic mass is 16.5. The van der Waals surface area contributed by atoms with Gasteiger partial charge >= 0.3 is 5.97 Å². The molecule has 0 unspecified atom stereocenters. The maximum absolute atomic E-state index is 11.0. The minimum atomic E-state index is -0.946. The molecule has 0 heterocycles. The summed E-state index contributed by atoms with van der Waals surface area (Å²) in [6.45, 7) is 1.74. The van der Waals surface area contributed by atoms with Crippen LogP contribution in [0.25, 0.3) is 0 Å². The third kappa shape index (κ3) is 2.42. The van der Waals surface area contributed by atoms with E-state index in [9.17, 15) is 4.79 Å². The van der Waals surface area contributed by atoms with Crippen LogP contribution < -0.4 is 9.47 Å². The molecule has 4 heteroatoms. The van der Waals surface area contributed by atoms with Crippen LogP contribution in [0, 0.1) is 6.92 Å². The van der Waals surface area contributed by atoms with Gasteiger partial charge in [-0.25, -0.2) is 4.79 Å². The first-order chi connectivity index (χ1) is 8.63. The van der Waals surface area contributed by atoms with Crippen LogP contribution in [0.5, 0.6) is 11.5 Å². The number of methoxy groups -OCH3 is 1. The van der Waals surface area contributed by atoms with Crippen molar-refractivity contribution < 1.29 is 19.4 Å². The van der Waals surface area contributed by atoms with E-state index in [-0.39, 0.29) is 11.7 Å².